The molecule has 0 radical (unpaired) electrons. The van der Waals surface area contributed by atoms with Gasteiger partial charge in [0.2, 0.25) is 0 Å². The predicted molar refractivity (Wildman–Crippen MR) is 67.9 cm³/mol. The van der Waals surface area contributed by atoms with Crippen LogP contribution in [-0.4, -0.2) is 50.6 Å². The molecule has 2 aromatic rings. The van der Waals surface area contributed by atoms with E-state index >= 15 is 0 Å². The number of aromatic amines is 2. The summed E-state index contributed by atoms with van der Waals surface area (Å²) in [5, 5.41) is 30.4. The van der Waals surface area contributed by atoms with E-state index in [9.17, 15) is 10.2 Å². The molecule has 2 rings (SSSR count). The predicted octanol–water partition coefficient (Wildman–Crippen LogP) is -2.24. The van der Waals surface area contributed by atoms with Crippen molar-refractivity contribution >= 4 is 17.0 Å². The lowest BCUT2D eigenvalue weighted by atomic mass is 10.2. The van der Waals surface area contributed by atoms with E-state index in [1.54, 1.807) is 12.4 Å². The van der Waals surface area contributed by atoms with E-state index in [1.165, 1.54) is 0 Å². The summed E-state index contributed by atoms with van der Waals surface area (Å²) in [6, 6.07) is 0. The molecule has 0 saturated carbocycles. The van der Waals surface area contributed by atoms with Crippen LogP contribution in [0.15, 0.2) is 12.4 Å². The number of aliphatic hydroxyl groups excluding tert-OH is 3. The maximum atomic E-state index is 9.48. The molecule has 0 aliphatic heterocycles. The van der Waals surface area contributed by atoms with Crippen molar-refractivity contribution in [1.82, 2.24) is 15.3 Å². The van der Waals surface area contributed by atoms with Crippen LogP contribution in [0.4, 0.5) is 5.95 Å². The Labute approximate surface area is 109 Å². The largest absolute Gasteiger partial charge is 0.394 e. The molecule has 2 heterocycles. The number of hydrogen-bond donors (Lipinski definition) is 6. The summed E-state index contributed by atoms with van der Waals surface area (Å²) in [6.07, 6.45) is 1.37. The van der Waals surface area contributed by atoms with Crippen molar-refractivity contribution in [3.8, 4) is 0 Å². The highest BCUT2D eigenvalue weighted by Gasteiger charge is 2.15. The molecule has 0 saturated heterocycles. The van der Waals surface area contributed by atoms with Gasteiger partial charge in [0.05, 0.1) is 18.9 Å². The molecule has 2 aromatic heterocycles. The number of anilines is 1. The fraction of sp³-hybridized carbons (Fsp3) is 0.455. The number of nitrogens with one attached hydrogen (secondary N) is 3. The topological polar surface area (TPSA) is 142 Å². The molecule has 104 valence electrons. The fourth-order valence-electron chi connectivity index (χ4n) is 1.76. The summed E-state index contributed by atoms with van der Waals surface area (Å²) in [4.78, 5) is 10.0. The van der Waals surface area contributed by atoms with Gasteiger partial charge in [-0.3, -0.25) is 5.73 Å². The maximum Gasteiger partial charge on any atom is 0.387 e. The number of aliphatic hydroxyl groups is 3. The number of nitrogen functional groups attached to an aromatic ring is 1. The van der Waals surface area contributed by atoms with E-state index < -0.39 is 18.8 Å². The Balaban J connectivity index is 1.96. The minimum atomic E-state index is -1.14. The van der Waals surface area contributed by atoms with Gasteiger partial charge in [-0.25, -0.2) is 4.98 Å². The average molecular weight is 268 g/mol. The lowest BCUT2D eigenvalue weighted by Gasteiger charge is -2.15. The monoisotopic (exact) mass is 268 g/mol. The molecular weight excluding hydrogens is 250 g/mol. The Morgan fingerprint density at radius 2 is 2.21 bits per heavy atom. The molecule has 0 spiro atoms. The number of fused-ring (bicyclic) bond motifs is 1. The maximum absolute atomic E-state index is 9.48. The Bertz CT molecular complexity index is 544. The van der Waals surface area contributed by atoms with Crippen molar-refractivity contribution in [3.05, 3.63) is 18.0 Å². The first-order valence-electron chi connectivity index (χ1n) is 5.93. The van der Waals surface area contributed by atoms with Gasteiger partial charge in [0.1, 0.15) is 11.6 Å². The SMILES string of the molecule is Nc1nc2c(CNC[C@H](O)[C@H](O)CO)c[nH]c2c[nH+]1. The third kappa shape index (κ3) is 3.18. The van der Waals surface area contributed by atoms with Crippen molar-refractivity contribution < 1.29 is 20.3 Å². The van der Waals surface area contributed by atoms with Gasteiger partial charge >= 0.3 is 5.95 Å². The first-order valence-corrected chi connectivity index (χ1v) is 5.93. The molecule has 8 heteroatoms. The van der Waals surface area contributed by atoms with E-state index in [4.69, 9.17) is 10.8 Å². The summed E-state index contributed by atoms with van der Waals surface area (Å²) >= 11 is 0. The van der Waals surface area contributed by atoms with Crippen LogP contribution in [0, 0.1) is 0 Å². The summed E-state index contributed by atoms with van der Waals surface area (Å²) in [5.41, 5.74) is 8.07. The van der Waals surface area contributed by atoms with Crippen LogP contribution < -0.4 is 16.0 Å². The molecule has 8 nitrogen and oxygen atoms in total. The lowest BCUT2D eigenvalue weighted by Crippen LogP contribution is -2.38. The summed E-state index contributed by atoms with van der Waals surface area (Å²) < 4.78 is 0. The molecule has 8 N–H and O–H groups in total. The highest BCUT2D eigenvalue weighted by atomic mass is 16.4. The van der Waals surface area contributed by atoms with Crippen LogP contribution >= 0.6 is 0 Å². The van der Waals surface area contributed by atoms with Crippen LogP contribution in [0.5, 0.6) is 0 Å². The van der Waals surface area contributed by atoms with Crippen molar-refractivity contribution in [2.45, 2.75) is 18.8 Å². The van der Waals surface area contributed by atoms with Crippen molar-refractivity contribution in [2.75, 3.05) is 18.9 Å². The van der Waals surface area contributed by atoms with Gasteiger partial charge in [-0.2, -0.15) is 0 Å². The van der Waals surface area contributed by atoms with Gasteiger partial charge in [0.25, 0.3) is 0 Å². The number of hydrogen-bond acceptors (Lipinski definition) is 6. The highest BCUT2D eigenvalue weighted by molar-refractivity contribution is 5.77. The molecule has 0 aliphatic rings. The smallest absolute Gasteiger partial charge is 0.387 e. The summed E-state index contributed by atoms with van der Waals surface area (Å²) in [5.74, 6) is 0.323. The normalized spacial score (nSPS) is 14.7. The van der Waals surface area contributed by atoms with Crippen LogP contribution in [0.3, 0.4) is 0 Å². The highest BCUT2D eigenvalue weighted by Crippen LogP contribution is 2.14. The number of nitrogens with zero attached hydrogens (tertiary/aromatic N) is 1. The molecule has 19 heavy (non-hydrogen) atoms. The van der Waals surface area contributed by atoms with Crippen molar-refractivity contribution in [2.24, 2.45) is 0 Å². The van der Waals surface area contributed by atoms with Gasteiger partial charge in [-0.05, 0) is 0 Å². The fourth-order valence-corrected chi connectivity index (χ4v) is 1.76. The van der Waals surface area contributed by atoms with Crippen LogP contribution in [-0.2, 0) is 6.54 Å². The van der Waals surface area contributed by atoms with Gasteiger partial charge in [-0.15, -0.1) is 0 Å². The molecule has 2 atom stereocenters. The van der Waals surface area contributed by atoms with Crippen LogP contribution in [0.25, 0.3) is 11.0 Å². The molecule has 0 aliphatic carbocycles. The zero-order chi connectivity index (χ0) is 13.8. The molecule has 0 amide bonds. The molecule has 0 aromatic carbocycles. The Morgan fingerprint density at radius 1 is 1.42 bits per heavy atom. The summed E-state index contributed by atoms with van der Waals surface area (Å²) in [7, 11) is 0. The van der Waals surface area contributed by atoms with Gasteiger partial charge < -0.3 is 25.6 Å². The Kier molecular flexibility index (Phi) is 4.27. The van der Waals surface area contributed by atoms with Crippen LogP contribution in [0.2, 0.25) is 0 Å². The van der Waals surface area contributed by atoms with Crippen molar-refractivity contribution in [3.63, 3.8) is 0 Å². The molecular formula is C11H18N5O3+. The average Bonchev–Trinajstić information content (AvgIpc) is 2.80. The number of rotatable bonds is 6. The second-order valence-corrected chi connectivity index (χ2v) is 4.31. The molecule has 0 fully saturated rings. The summed E-state index contributed by atoms with van der Waals surface area (Å²) in [6.45, 7) is 0.165. The Hall–Kier alpha value is -1.74. The minimum Gasteiger partial charge on any atom is -0.394 e. The van der Waals surface area contributed by atoms with E-state index in [1.807, 2.05) is 0 Å². The third-order valence-electron chi connectivity index (χ3n) is 2.86. The standard InChI is InChI=1S/C11H17N5O3/c12-11-15-3-7-10(16-11)6(2-14-7)1-13-4-8(18)9(19)5-17/h2-3,8-9,13-14,17-19H,1,4-5H2,(H2,12,15,16)/p+1/t8-,9+/m0/s1. The van der Waals surface area contributed by atoms with E-state index in [2.05, 4.69) is 20.3 Å². The first-order chi connectivity index (χ1) is 9.11. The van der Waals surface area contributed by atoms with E-state index in [0.717, 1.165) is 16.6 Å². The second-order valence-electron chi connectivity index (χ2n) is 4.31. The van der Waals surface area contributed by atoms with E-state index in [0.29, 0.717) is 12.5 Å². The molecule has 0 bridgehead atoms. The second kappa shape index (κ2) is 5.93. The quantitative estimate of drug-likeness (QED) is 0.350. The van der Waals surface area contributed by atoms with E-state index in [-0.39, 0.29) is 6.54 Å². The first kappa shape index (κ1) is 13.7. The van der Waals surface area contributed by atoms with Crippen molar-refractivity contribution in [1.29, 1.82) is 0 Å². The zero-order valence-corrected chi connectivity index (χ0v) is 10.3. The van der Waals surface area contributed by atoms with Crippen LogP contribution in [0.1, 0.15) is 5.56 Å². The number of nitrogens with two attached hydrogens (primary N) is 1. The zero-order valence-electron chi connectivity index (χ0n) is 10.3. The van der Waals surface area contributed by atoms with Gasteiger partial charge in [-0.1, -0.05) is 4.98 Å². The number of H-pyrrole nitrogens is 2. The van der Waals surface area contributed by atoms with Gasteiger partial charge in [0, 0.05) is 24.8 Å². The van der Waals surface area contributed by atoms with Gasteiger partial charge in [0.15, 0.2) is 5.52 Å². The lowest BCUT2D eigenvalue weighted by molar-refractivity contribution is -0.362. The molecule has 0 unspecified atom stereocenters. The minimum absolute atomic E-state index is 0.169. The number of aromatic nitrogens is 3. The Morgan fingerprint density at radius 3 is 2.95 bits per heavy atom. The third-order valence-corrected chi connectivity index (χ3v) is 2.86.